The molecule has 3 heterocycles. The first-order chi connectivity index (χ1) is 19.8. The van der Waals surface area contributed by atoms with Crippen molar-refractivity contribution < 1.29 is 32.5 Å². The monoisotopic (exact) mass is 566 g/mol. The van der Waals surface area contributed by atoms with Gasteiger partial charge in [0, 0.05) is 54.0 Å². The third-order valence-corrected chi connectivity index (χ3v) is 7.39. The van der Waals surface area contributed by atoms with Gasteiger partial charge in [0.05, 0.1) is 30.0 Å². The van der Waals surface area contributed by atoms with E-state index in [-0.39, 0.29) is 39.9 Å². The van der Waals surface area contributed by atoms with Gasteiger partial charge in [-0.25, -0.2) is 22.5 Å². The maximum Gasteiger partial charge on any atom is 0.199 e. The number of nitrogens with one attached hydrogen (secondary N) is 2. The molecule has 0 saturated carbocycles. The maximum atomic E-state index is 15.5. The molecule has 0 radical (unpaired) electrons. The van der Waals surface area contributed by atoms with Gasteiger partial charge < -0.3 is 29.8 Å². The number of halogens is 4. The summed E-state index contributed by atoms with van der Waals surface area (Å²) in [6.07, 6.45) is 0.329. The number of aliphatic hydroxyl groups is 2. The van der Waals surface area contributed by atoms with E-state index < -0.39 is 47.8 Å². The first kappa shape index (κ1) is 27.0. The molecule has 212 valence electrons. The Kier molecular flexibility index (Phi) is 7.02. The minimum atomic E-state index is -1.10. The van der Waals surface area contributed by atoms with E-state index in [1.54, 1.807) is 25.1 Å². The summed E-state index contributed by atoms with van der Waals surface area (Å²) < 4.78 is 67.8. The number of aliphatic hydroxyl groups excluding tert-OH is 2. The molecule has 0 bridgehead atoms. The Morgan fingerprint density at radius 1 is 1.07 bits per heavy atom. The normalized spacial score (nSPS) is 15.7. The second-order valence-corrected chi connectivity index (χ2v) is 9.99. The van der Waals surface area contributed by atoms with Crippen LogP contribution in [0.5, 0.6) is 11.5 Å². The molecule has 6 rings (SSSR count). The topological polar surface area (TPSA) is 95.3 Å². The van der Waals surface area contributed by atoms with Crippen LogP contribution in [0.4, 0.5) is 17.6 Å². The second-order valence-electron chi connectivity index (χ2n) is 9.99. The van der Waals surface area contributed by atoms with Gasteiger partial charge in [-0.05, 0) is 36.8 Å². The van der Waals surface area contributed by atoms with Crippen molar-refractivity contribution in [1.82, 2.24) is 19.9 Å². The van der Waals surface area contributed by atoms with Gasteiger partial charge in [0.25, 0.3) is 0 Å². The van der Waals surface area contributed by atoms with E-state index in [0.29, 0.717) is 30.2 Å². The van der Waals surface area contributed by atoms with Crippen LogP contribution in [-0.4, -0.2) is 44.0 Å². The minimum Gasteiger partial charge on any atom is -0.451 e. The lowest BCUT2D eigenvalue weighted by Gasteiger charge is -2.27. The number of nitrogens with zero attached hydrogens (tertiary/aromatic N) is 2. The van der Waals surface area contributed by atoms with E-state index in [2.05, 4.69) is 10.3 Å². The Morgan fingerprint density at radius 3 is 2.71 bits per heavy atom. The molecule has 2 atom stereocenters. The molecule has 4 N–H and O–H groups in total. The molecule has 0 amide bonds. The number of aromatic amines is 1. The number of aromatic nitrogens is 3. The zero-order chi connectivity index (χ0) is 28.8. The van der Waals surface area contributed by atoms with E-state index in [4.69, 9.17) is 9.72 Å². The third kappa shape index (κ3) is 4.75. The van der Waals surface area contributed by atoms with Crippen molar-refractivity contribution in [3.8, 4) is 22.8 Å². The third-order valence-electron chi connectivity index (χ3n) is 7.39. The maximum absolute atomic E-state index is 15.5. The van der Waals surface area contributed by atoms with Crippen LogP contribution in [0.25, 0.3) is 22.2 Å². The predicted octanol–water partition coefficient (Wildman–Crippen LogP) is 5.28. The van der Waals surface area contributed by atoms with Crippen LogP contribution in [0, 0.1) is 30.2 Å². The van der Waals surface area contributed by atoms with E-state index in [1.807, 2.05) is 4.57 Å². The van der Waals surface area contributed by atoms with Crippen molar-refractivity contribution >= 4 is 10.9 Å². The highest BCUT2D eigenvalue weighted by molar-refractivity contribution is 5.82. The number of hydrogen-bond donors (Lipinski definition) is 4. The van der Waals surface area contributed by atoms with Gasteiger partial charge in [0.1, 0.15) is 23.2 Å². The van der Waals surface area contributed by atoms with Crippen LogP contribution < -0.4 is 10.1 Å². The summed E-state index contributed by atoms with van der Waals surface area (Å²) in [6.45, 7) is 2.26. The van der Waals surface area contributed by atoms with E-state index >= 15 is 8.78 Å². The first-order valence-electron chi connectivity index (χ1n) is 13.1. The average Bonchev–Trinajstić information content (AvgIpc) is 3.57. The smallest absolute Gasteiger partial charge is 0.199 e. The molecule has 3 aromatic carbocycles. The Balaban J connectivity index is 1.38. The molecule has 2 aromatic heterocycles. The first-order valence-corrected chi connectivity index (χ1v) is 13.1. The number of ether oxygens (including phenoxy) is 1. The summed E-state index contributed by atoms with van der Waals surface area (Å²) in [7, 11) is 0. The average molecular weight is 567 g/mol. The van der Waals surface area contributed by atoms with Crippen molar-refractivity contribution in [3.63, 3.8) is 0 Å². The zero-order valence-corrected chi connectivity index (χ0v) is 21.9. The van der Waals surface area contributed by atoms with Gasteiger partial charge in [-0.15, -0.1) is 0 Å². The minimum absolute atomic E-state index is 0.00955. The van der Waals surface area contributed by atoms with Crippen molar-refractivity contribution in [1.29, 1.82) is 0 Å². The van der Waals surface area contributed by atoms with E-state index in [9.17, 15) is 19.0 Å². The fraction of sp³-hybridized carbons (Fsp3) is 0.233. The number of fused-ring (bicyclic) bond motifs is 2. The highest BCUT2D eigenvalue weighted by Gasteiger charge is 2.30. The Morgan fingerprint density at radius 2 is 1.90 bits per heavy atom. The second kappa shape index (κ2) is 10.7. The Labute approximate surface area is 232 Å². The molecule has 41 heavy (non-hydrogen) atoms. The lowest BCUT2D eigenvalue weighted by Crippen LogP contribution is -2.35. The highest BCUT2D eigenvalue weighted by atomic mass is 19.1. The van der Waals surface area contributed by atoms with Gasteiger partial charge in [-0.3, -0.25) is 0 Å². The van der Waals surface area contributed by atoms with Crippen LogP contribution in [0.15, 0.2) is 54.7 Å². The van der Waals surface area contributed by atoms with Crippen LogP contribution >= 0.6 is 0 Å². The summed E-state index contributed by atoms with van der Waals surface area (Å²) >= 11 is 0. The van der Waals surface area contributed by atoms with Gasteiger partial charge in [0.15, 0.2) is 17.4 Å². The largest absolute Gasteiger partial charge is 0.451 e. The lowest BCUT2D eigenvalue weighted by atomic mass is 9.98. The number of imidazole rings is 1. The van der Waals surface area contributed by atoms with Gasteiger partial charge in [0.2, 0.25) is 0 Å². The van der Waals surface area contributed by atoms with Crippen LogP contribution in [0.3, 0.4) is 0 Å². The number of rotatable bonds is 7. The molecule has 0 aliphatic carbocycles. The van der Waals surface area contributed by atoms with Crippen molar-refractivity contribution in [2.45, 2.75) is 32.0 Å². The zero-order valence-electron chi connectivity index (χ0n) is 21.9. The number of H-pyrrole nitrogens is 1. The Bertz CT molecular complexity index is 1770. The number of hydrogen-bond acceptors (Lipinski definition) is 5. The standard InChI is InChI=1S/C30H26F4N4O3/c1-15-27(21-12-18(5-6-22(21)31)41-29-23(32)13-24-19(26(29)34)7-8-35-24)37-30-28(36-9-10-38(15)30)20-4-2-3-16(25(20)33)11-17(40)14-39/h2-8,12-13,17,28,35-36,39-40H,9-11,14H2,1H3. The molecule has 1 aliphatic heterocycles. The number of benzene rings is 3. The molecule has 5 aromatic rings. The van der Waals surface area contributed by atoms with Crippen LogP contribution in [0.1, 0.15) is 28.7 Å². The summed E-state index contributed by atoms with van der Waals surface area (Å²) in [5.74, 6) is -3.08. The van der Waals surface area contributed by atoms with Gasteiger partial charge in [-0.2, -0.15) is 0 Å². The summed E-state index contributed by atoms with van der Waals surface area (Å²) in [5.41, 5.74) is 1.80. The fourth-order valence-corrected chi connectivity index (χ4v) is 5.35. The highest BCUT2D eigenvalue weighted by Crippen LogP contribution is 2.37. The lowest BCUT2D eigenvalue weighted by molar-refractivity contribution is 0.0947. The van der Waals surface area contributed by atoms with Crippen molar-refractivity contribution in [2.24, 2.45) is 0 Å². The molecule has 2 unspecified atom stereocenters. The summed E-state index contributed by atoms with van der Waals surface area (Å²) in [6, 6.07) is 10.5. The molecule has 1 aliphatic rings. The van der Waals surface area contributed by atoms with Crippen molar-refractivity contribution in [2.75, 3.05) is 13.2 Å². The van der Waals surface area contributed by atoms with Crippen LogP contribution in [-0.2, 0) is 13.0 Å². The van der Waals surface area contributed by atoms with Crippen LogP contribution in [0.2, 0.25) is 0 Å². The SMILES string of the molecule is Cc1c(-c2cc(Oc3c(F)cc4[nH]ccc4c3F)ccc2F)nc2n1CCNC2c1cccc(CC(O)CO)c1F. The quantitative estimate of drug-likeness (QED) is 0.201. The molecule has 0 saturated heterocycles. The van der Waals surface area contributed by atoms with Gasteiger partial charge in [-0.1, -0.05) is 18.2 Å². The Hall–Kier alpha value is -4.19. The van der Waals surface area contributed by atoms with Gasteiger partial charge >= 0.3 is 0 Å². The summed E-state index contributed by atoms with van der Waals surface area (Å²) in [5, 5.41) is 22.4. The van der Waals surface area contributed by atoms with E-state index in [1.165, 1.54) is 24.4 Å². The molecule has 11 heteroatoms. The molecule has 0 fully saturated rings. The predicted molar refractivity (Wildman–Crippen MR) is 144 cm³/mol. The summed E-state index contributed by atoms with van der Waals surface area (Å²) in [4.78, 5) is 7.45. The molecule has 0 spiro atoms. The van der Waals surface area contributed by atoms with Crippen molar-refractivity contribution in [3.05, 3.63) is 101 Å². The molecular formula is C30H26F4N4O3. The molecular weight excluding hydrogens is 540 g/mol. The van der Waals surface area contributed by atoms with E-state index in [0.717, 1.165) is 12.1 Å². The molecule has 7 nitrogen and oxygen atoms in total. The fourth-order valence-electron chi connectivity index (χ4n) is 5.35.